The molecule has 1 amide bonds. The van der Waals surface area contributed by atoms with E-state index in [1.54, 1.807) is 22.8 Å². The van der Waals surface area contributed by atoms with Crippen LogP contribution in [0.2, 0.25) is 0 Å². The highest BCUT2D eigenvalue weighted by molar-refractivity contribution is 7.16. The van der Waals surface area contributed by atoms with Gasteiger partial charge in [-0.25, -0.2) is 0 Å². The standard InChI is InChI=1S/C19H17N3O6S/c1-3-21-17-15(26-2)9-12(22(24)25)10-16(17)29-19(21)20-18(23)11-4-5-13-14(8-11)28-7-6-27-13/h4-5,8-10H,3,6-7H2,1-2H3. The van der Waals surface area contributed by atoms with Gasteiger partial charge in [0, 0.05) is 18.2 Å². The molecule has 0 saturated heterocycles. The number of rotatable bonds is 4. The maximum atomic E-state index is 12.8. The van der Waals surface area contributed by atoms with Gasteiger partial charge in [-0.15, -0.1) is 0 Å². The van der Waals surface area contributed by atoms with Crippen LogP contribution in [-0.4, -0.2) is 35.7 Å². The number of aromatic nitrogens is 1. The molecule has 3 aromatic rings. The first kappa shape index (κ1) is 18.9. The summed E-state index contributed by atoms with van der Waals surface area (Å²) in [7, 11) is 1.45. The van der Waals surface area contributed by atoms with Crippen LogP contribution in [-0.2, 0) is 6.54 Å². The third-order valence-corrected chi connectivity index (χ3v) is 5.49. The Kier molecular flexibility index (Phi) is 4.93. The number of benzene rings is 2. The number of non-ortho nitro benzene ring substituents is 1. The van der Waals surface area contributed by atoms with Crippen molar-refractivity contribution in [2.24, 2.45) is 4.99 Å². The molecule has 1 aliphatic rings. The molecule has 10 heteroatoms. The van der Waals surface area contributed by atoms with Crippen LogP contribution >= 0.6 is 11.3 Å². The second-order valence-corrected chi connectivity index (χ2v) is 7.17. The van der Waals surface area contributed by atoms with Crippen molar-refractivity contribution in [3.8, 4) is 17.2 Å². The molecule has 0 aliphatic carbocycles. The fourth-order valence-corrected chi connectivity index (χ4v) is 4.27. The first-order valence-corrected chi connectivity index (χ1v) is 9.68. The Morgan fingerprint density at radius 2 is 2.03 bits per heavy atom. The normalized spacial score (nSPS) is 13.5. The molecular weight excluding hydrogens is 398 g/mol. The lowest BCUT2D eigenvalue weighted by Crippen LogP contribution is -2.17. The van der Waals surface area contributed by atoms with Gasteiger partial charge in [-0.3, -0.25) is 14.9 Å². The third kappa shape index (κ3) is 3.42. The summed E-state index contributed by atoms with van der Waals surface area (Å²) in [6, 6.07) is 7.75. The summed E-state index contributed by atoms with van der Waals surface area (Å²) in [5, 5.41) is 11.2. The van der Waals surface area contributed by atoms with E-state index in [4.69, 9.17) is 14.2 Å². The number of ether oxygens (including phenoxy) is 3. The van der Waals surface area contributed by atoms with Gasteiger partial charge < -0.3 is 18.8 Å². The average molecular weight is 415 g/mol. The summed E-state index contributed by atoms with van der Waals surface area (Å²) in [4.78, 5) is 28.2. The molecule has 9 nitrogen and oxygen atoms in total. The predicted octanol–water partition coefficient (Wildman–Crippen LogP) is 3.15. The van der Waals surface area contributed by atoms with Gasteiger partial charge in [-0.1, -0.05) is 11.3 Å². The fourth-order valence-electron chi connectivity index (χ4n) is 3.13. The number of carbonyl (C=O) groups excluding carboxylic acids is 1. The molecule has 0 spiro atoms. The Bertz CT molecular complexity index is 1200. The molecule has 0 bridgehead atoms. The molecule has 1 aromatic heterocycles. The topological polar surface area (TPSA) is 105 Å². The predicted molar refractivity (Wildman–Crippen MR) is 106 cm³/mol. The van der Waals surface area contributed by atoms with Crippen LogP contribution in [0, 0.1) is 10.1 Å². The van der Waals surface area contributed by atoms with E-state index in [-0.39, 0.29) is 5.69 Å². The van der Waals surface area contributed by atoms with E-state index in [2.05, 4.69) is 4.99 Å². The second kappa shape index (κ2) is 7.55. The number of nitro benzene ring substituents is 1. The van der Waals surface area contributed by atoms with Crippen LogP contribution in [0.25, 0.3) is 10.2 Å². The third-order valence-electron chi connectivity index (χ3n) is 4.46. The minimum atomic E-state index is -0.477. The monoisotopic (exact) mass is 415 g/mol. The SMILES string of the molecule is CCn1c(=NC(=O)c2ccc3c(c2)OCCO3)sc2cc([N+](=O)[O-])cc(OC)c21. The quantitative estimate of drug-likeness (QED) is 0.479. The number of methoxy groups -OCH3 is 1. The zero-order chi connectivity index (χ0) is 20.5. The van der Waals surface area contributed by atoms with Crippen LogP contribution in [0.15, 0.2) is 35.3 Å². The highest BCUT2D eigenvalue weighted by atomic mass is 32.1. The van der Waals surface area contributed by atoms with Crippen molar-refractivity contribution >= 4 is 33.1 Å². The van der Waals surface area contributed by atoms with Gasteiger partial charge in [0.2, 0.25) is 0 Å². The van der Waals surface area contributed by atoms with Gasteiger partial charge in [0.15, 0.2) is 22.0 Å². The number of amides is 1. The van der Waals surface area contributed by atoms with E-state index in [1.165, 1.54) is 30.6 Å². The van der Waals surface area contributed by atoms with E-state index < -0.39 is 10.8 Å². The van der Waals surface area contributed by atoms with Crippen LogP contribution in [0.1, 0.15) is 17.3 Å². The van der Waals surface area contributed by atoms with Crippen molar-refractivity contribution in [2.45, 2.75) is 13.5 Å². The van der Waals surface area contributed by atoms with E-state index in [1.807, 2.05) is 6.92 Å². The van der Waals surface area contributed by atoms with Gasteiger partial charge in [0.25, 0.3) is 11.6 Å². The van der Waals surface area contributed by atoms with Gasteiger partial charge in [0.05, 0.1) is 22.8 Å². The molecule has 1 aliphatic heterocycles. The number of hydrogen-bond donors (Lipinski definition) is 0. The van der Waals surface area contributed by atoms with Gasteiger partial charge in [-0.05, 0) is 25.1 Å². The molecule has 29 heavy (non-hydrogen) atoms. The fraction of sp³-hybridized carbons (Fsp3) is 0.263. The molecule has 150 valence electrons. The molecular formula is C19H17N3O6S. The van der Waals surface area contributed by atoms with Crippen molar-refractivity contribution in [3.05, 3.63) is 50.8 Å². The minimum absolute atomic E-state index is 0.0800. The van der Waals surface area contributed by atoms with E-state index in [9.17, 15) is 14.9 Å². The number of nitro groups is 1. The smallest absolute Gasteiger partial charge is 0.279 e. The van der Waals surface area contributed by atoms with Crippen molar-refractivity contribution in [1.29, 1.82) is 0 Å². The molecule has 0 saturated carbocycles. The van der Waals surface area contributed by atoms with Crippen molar-refractivity contribution in [2.75, 3.05) is 20.3 Å². The Morgan fingerprint density at radius 3 is 2.72 bits per heavy atom. The maximum Gasteiger partial charge on any atom is 0.279 e. The van der Waals surface area contributed by atoms with Crippen LogP contribution in [0.4, 0.5) is 5.69 Å². The number of carbonyl (C=O) groups is 1. The lowest BCUT2D eigenvalue weighted by atomic mass is 10.2. The summed E-state index contributed by atoms with van der Waals surface area (Å²) in [5.41, 5.74) is 0.954. The second-order valence-electron chi connectivity index (χ2n) is 6.16. The highest BCUT2D eigenvalue weighted by Gasteiger charge is 2.19. The Morgan fingerprint density at radius 1 is 1.28 bits per heavy atom. The summed E-state index contributed by atoms with van der Waals surface area (Å²) in [6.07, 6.45) is 0. The minimum Gasteiger partial charge on any atom is -0.494 e. The van der Waals surface area contributed by atoms with Crippen LogP contribution in [0.3, 0.4) is 0 Å². The molecule has 2 aromatic carbocycles. The van der Waals surface area contributed by atoms with Gasteiger partial charge in [0.1, 0.15) is 18.7 Å². The van der Waals surface area contributed by atoms with E-state index >= 15 is 0 Å². The molecule has 2 heterocycles. The summed E-state index contributed by atoms with van der Waals surface area (Å²) < 4.78 is 18.8. The van der Waals surface area contributed by atoms with E-state index in [0.29, 0.717) is 57.6 Å². The molecule has 0 fully saturated rings. The largest absolute Gasteiger partial charge is 0.494 e. The molecule has 0 unspecified atom stereocenters. The summed E-state index contributed by atoms with van der Waals surface area (Å²) in [5.74, 6) is 1.02. The van der Waals surface area contributed by atoms with E-state index in [0.717, 1.165) is 0 Å². The van der Waals surface area contributed by atoms with Crippen LogP contribution < -0.4 is 19.0 Å². The average Bonchev–Trinajstić information content (AvgIpc) is 3.09. The zero-order valence-electron chi connectivity index (χ0n) is 15.7. The first-order valence-electron chi connectivity index (χ1n) is 8.86. The van der Waals surface area contributed by atoms with Crippen molar-refractivity contribution < 1.29 is 23.9 Å². The molecule has 0 radical (unpaired) electrons. The molecule has 4 rings (SSSR count). The lowest BCUT2D eigenvalue weighted by Gasteiger charge is -2.18. The van der Waals surface area contributed by atoms with Gasteiger partial charge >= 0.3 is 0 Å². The molecule has 0 atom stereocenters. The zero-order valence-corrected chi connectivity index (χ0v) is 16.5. The highest BCUT2D eigenvalue weighted by Crippen LogP contribution is 2.33. The number of thiazole rings is 1. The first-order chi connectivity index (χ1) is 14.0. The Hall–Kier alpha value is -3.40. The number of aryl methyl sites for hydroxylation is 1. The number of nitrogens with zero attached hydrogens (tertiary/aromatic N) is 3. The number of hydrogen-bond acceptors (Lipinski definition) is 7. The molecule has 0 N–H and O–H groups in total. The van der Waals surface area contributed by atoms with Crippen LogP contribution in [0.5, 0.6) is 17.2 Å². The summed E-state index contributed by atoms with van der Waals surface area (Å²) in [6.45, 7) is 3.31. The van der Waals surface area contributed by atoms with Crippen molar-refractivity contribution in [1.82, 2.24) is 4.57 Å². The lowest BCUT2D eigenvalue weighted by molar-refractivity contribution is -0.384. The van der Waals surface area contributed by atoms with Crippen molar-refractivity contribution in [3.63, 3.8) is 0 Å². The Balaban J connectivity index is 1.83. The maximum absolute atomic E-state index is 12.8. The summed E-state index contributed by atoms with van der Waals surface area (Å²) >= 11 is 1.20. The Labute approximate surface area is 168 Å². The van der Waals surface area contributed by atoms with Gasteiger partial charge in [-0.2, -0.15) is 4.99 Å². The number of fused-ring (bicyclic) bond motifs is 2.